The molecule has 0 aromatic heterocycles. The van der Waals surface area contributed by atoms with E-state index in [-0.39, 0.29) is 24.8 Å². The topological polar surface area (TPSA) is 46.6 Å². The molecule has 0 aromatic carbocycles. The molecule has 13 heavy (non-hydrogen) atoms. The molecule has 1 atom stereocenters. The third-order valence-electron chi connectivity index (χ3n) is 2.08. The van der Waals surface area contributed by atoms with Gasteiger partial charge in [-0.1, -0.05) is 6.92 Å². The molecule has 0 aromatic rings. The number of nitrogens with zero attached hydrogens (tertiary/aromatic N) is 1. The zero-order valence-electron chi connectivity index (χ0n) is 8.08. The predicted octanol–water partition coefficient (Wildman–Crippen LogP) is 0.0703. The number of hydrogen-bond acceptors (Lipinski definition) is 3. The molecule has 0 radical (unpaired) electrons. The number of amides is 1. The largest absolute Gasteiger partial charge is 0.377 e. The number of carbonyl (C=O) groups excluding carboxylic acids is 2. The van der Waals surface area contributed by atoms with E-state index in [1.54, 1.807) is 4.90 Å². The van der Waals surface area contributed by atoms with E-state index in [2.05, 4.69) is 4.74 Å². The SMILES string of the molecule is COCC(=O)CN1CC(C)CC1=O. The van der Waals surface area contributed by atoms with E-state index in [1.165, 1.54) is 7.11 Å². The van der Waals surface area contributed by atoms with Gasteiger partial charge >= 0.3 is 0 Å². The van der Waals surface area contributed by atoms with Gasteiger partial charge in [0.2, 0.25) is 5.91 Å². The molecular formula is C9H15NO3. The van der Waals surface area contributed by atoms with Gasteiger partial charge in [-0.2, -0.15) is 0 Å². The zero-order valence-corrected chi connectivity index (χ0v) is 8.08. The second kappa shape index (κ2) is 4.37. The number of carbonyl (C=O) groups is 2. The molecule has 4 heteroatoms. The quantitative estimate of drug-likeness (QED) is 0.622. The minimum absolute atomic E-state index is 0.0371. The molecule has 0 bridgehead atoms. The maximum atomic E-state index is 11.3. The Bertz CT molecular complexity index is 215. The van der Waals surface area contributed by atoms with E-state index < -0.39 is 0 Å². The number of ketones is 1. The standard InChI is InChI=1S/C9H15NO3/c1-7-3-9(12)10(4-7)5-8(11)6-13-2/h7H,3-6H2,1-2H3. The molecule has 0 saturated carbocycles. The van der Waals surface area contributed by atoms with Gasteiger partial charge in [0.15, 0.2) is 5.78 Å². The Labute approximate surface area is 77.8 Å². The summed E-state index contributed by atoms with van der Waals surface area (Å²) in [5.74, 6) is 0.421. The average molecular weight is 185 g/mol. The molecule has 1 fully saturated rings. The highest BCUT2D eigenvalue weighted by atomic mass is 16.5. The van der Waals surface area contributed by atoms with Crippen LogP contribution < -0.4 is 0 Å². The minimum Gasteiger partial charge on any atom is -0.377 e. The molecule has 1 rings (SSSR count). The highest BCUT2D eigenvalue weighted by Gasteiger charge is 2.27. The van der Waals surface area contributed by atoms with Crippen molar-refractivity contribution in [1.82, 2.24) is 4.90 Å². The van der Waals surface area contributed by atoms with Crippen LogP contribution in [0.1, 0.15) is 13.3 Å². The van der Waals surface area contributed by atoms with Crippen LogP contribution >= 0.6 is 0 Å². The summed E-state index contributed by atoms with van der Waals surface area (Å²) in [5, 5.41) is 0. The van der Waals surface area contributed by atoms with Crippen molar-refractivity contribution >= 4 is 11.7 Å². The van der Waals surface area contributed by atoms with E-state index in [0.29, 0.717) is 18.9 Å². The Balaban J connectivity index is 2.37. The fraction of sp³-hybridized carbons (Fsp3) is 0.778. The normalized spacial score (nSPS) is 22.5. The number of Topliss-reactive ketones (excluding diaryl/α,β-unsaturated/α-hetero) is 1. The van der Waals surface area contributed by atoms with Crippen LogP contribution in [0.2, 0.25) is 0 Å². The molecule has 1 aliphatic rings. The molecule has 1 heterocycles. The summed E-state index contributed by atoms with van der Waals surface area (Å²) < 4.78 is 4.69. The van der Waals surface area contributed by atoms with Gasteiger partial charge in [-0.05, 0) is 5.92 Å². The van der Waals surface area contributed by atoms with E-state index >= 15 is 0 Å². The number of likely N-dealkylation sites (tertiary alicyclic amines) is 1. The lowest BCUT2D eigenvalue weighted by Gasteiger charge is -2.14. The fourth-order valence-corrected chi connectivity index (χ4v) is 1.54. The van der Waals surface area contributed by atoms with Gasteiger partial charge in [-0.15, -0.1) is 0 Å². The zero-order chi connectivity index (χ0) is 9.84. The van der Waals surface area contributed by atoms with Crippen molar-refractivity contribution < 1.29 is 14.3 Å². The number of ether oxygens (including phenoxy) is 1. The van der Waals surface area contributed by atoms with Crippen LogP contribution in [0.15, 0.2) is 0 Å². The van der Waals surface area contributed by atoms with Gasteiger partial charge in [-0.3, -0.25) is 9.59 Å². The third-order valence-corrected chi connectivity index (χ3v) is 2.08. The Kier molecular flexibility index (Phi) is 3.42. The van der Waals surface area contributed by atoms with Crippen LogP contribution in [0, 0.1) is 5.92 Å². The number of rotatable bonds is 4. The van der Waals surface area contributed by atoms with Gasteiger partial charge in [0.25, 0.3) is 0 Å². The van der Waals surface area contributed by atoms with Crippen molar-refractivity contribution in [1.29, 1.82) is 0 Å². The lowest BCUT2D eigenvalue weighted by Crippen LogP contribution is -2.32. The molecule has 1 saturated heterocycles. The van der Waals surface area contributed by atoms with Crippen molar-refractivity contribution in [3.05, 3.63) is 0 Å². The van der Waals surface area contributed by atoms with Crippen LogP contribution in [0.3, 0.4) is 0 Å². The summed E-state index contributed by atoms with van der Waals surface area (Å²) in [6.45, 7) is 3.02. The van der Waals surface area contributed by atoms with Crippen LogP contribution in [-0.2, 0) is 14.3 Å². The van der Waals surface area contributed by atoms with Crippen molar-refractivity contribution in [3.63, 3.8) is 0 Å². The van der Waals surface area contributed by atoms with E-state index in [9.17, 15) is 9.59 Å². The smallest absolute Gasteiger partial charge is 0.223 e. The van der Waals surface area contributed by atoms with Crippen molar-refractivity contribution in [2.24, 2.45) is 5.92 Å². The summed E-state index contributed by atoms with van der Waals surface area (Å²) in [7, 11) is 1.48. The molecular weight excluding hydrogens is 170 g/mol. The predicted molar refractivity (Wildman–Crippen MR) is 47.2 cm³/mol. The summed E-state index contributed by atoms with van der Waals surface area (Å²) >= 11 is 0. The average Bonchev–Trinajstić information content (AvgIpc) is 2.30. The van der Waals surface area contributed by atoms with Gasteiger partial charge < -0.3 is 9.64 Å². The summed E-state index contributed by atoms with van der Waals surface area (Å²) in [6.07, 6.45) is 0.570. The van der Waals surface area contributed by atoms with Crippen molar-refractivity contribution in [2.75, 3.05) is 26.8 Å². The number of methoxy groups -OCH3 is 1. The molecule has 0 spiro atoms. The monoisotopic (exact) mass is 185 g/mol. The van der Waals surface area contributed by atoms with Gasteiger partial charge in [0.1, 0.15) is 6.61 Å². The fourth-order valence-electron chi connectivity index (χ4n) is 1.54. The second-order valence-electron chi connectivity index (χ2n) is 3.56. The third kappa shape index (κ3) is 2.81. The Morgan fingerprint density at radius 2 is 2.38 bits per heavy atom. The minimum atomic E-state index is -0.0371. The molecule has 1 amide bonds. The molecule has 1 unspecified atom stereocenters. The second-order valence-corrected chi connectivity index (χ2v) is 3.56. The highest BCUT2D eigenvalue weighted by molar-refractivity contribution is 5.87. The first-order valence-corrected chi connectivity index (χ1v) is 4.42. The first kappa shape index (κ1) is 10.2. The first-order valence-electron chi connectivity index (χ1n) is 4.42. The van der Waals surface area contributed by atoms with Gasteiger partial charge in [0, 0.05) is 20.1 Å². The molecule has 0 aliphatic carbocycles. The van der Waals surface area contributed by atoms with E-state index in [0.717, 1.165) is 0 Å². The van der Waals surface area contributed by atoms with Crippen molar-refractivity contribution in [3.8, 4) is 0 Å². The van der Waals surface area contributed by atoms with E-state index in [1.807, 2.05) is 6.92 Å². The van der Waals surface area contributed by atoms with Crippen LogP contribution in [0.25, 0.3) is 0 Å². The first-order chi connectivity index (χ1) is 6.13. The van der Waals surface area contributed by atoms with E-state index in [4.69, 9.17) is 0 Å². The number of hydrogen-bond donors (Lipinski definition) is 0. The van der Waals surface area contributed by atoms with Crippen LogP contribution in [0.4, 0.5) is 0 Å². The van der Waals surface area contributed by atoms with Crippen molar-refractivity contribution in [2.45, 2.75) is 13.3 Å². The summed E-state index contributed by atoms with van der Waals surface area (Å²) in [5.41, 5.74) is 0. The maximum Gasteiger partial charge on any atom is 0.223 e. The van der Waals surface area contributed by atoms with Crippen LogP contribution in [-0.4, -0.2) is 43.4 Å². The maximum absolute atomic E-state index is 11.3. The van der Waals surface area contributed by atoms with Gasteiger partial charge in [-0.25, -0.2) is 0 Å². The van der Waals surface area contributed by atoms with Crippen LogP contribution in [0.5, 0.6) is 0 Å². The Morgan fingerprint density at radius 1 is 1.69 bits per heavy atom. The Hall–Kier alpha value is -0.900. The Morgan fingerprint density at radius 3 is 2.85 bits per heavy atom. The van der Waals surface area contributed by atoms with Gasteiger partial charge in [0.05, 0.1) is 6.54 Å². The summed E-state index contributed by atoms with van der Waals surface area (Å²) in [4.78, 5) is 24.0. The molecule has 74 valence electrons. The summed E-state index contributed by atoms with van der Waals surface area (Å²) in [6, 6.07) is 0. The molecule has 0 N–H and O–H groups in total. The molecule has 1 aliphatic heterocycles. The lowest BCUT2D eigenvalue weighted by atomic mass is 10.2. The highest BCUT2D eigenvalue weighted by Crippen LogP contribution is 2.15. The lowest BCUT2D eigenvalue weighted by molar-refractivity contribution is -0.133. The molecule has 4 nitrogen and oxygen atoms in total.